The highest BCUT2D eigenvalue weighted by Crippen LogP contribution is 2.33. The molecule has 2 rings (SSSR count). The van der Waals surface area contributed by atoms with Gasteiger partial charge in [0.05, 0.1) is 11.7 Å². The van der Waals surface area contributed by atoms with Gasteiger partial charge < -0.3 is 8.84 Å². The zero-order chi connectivity index (χ0) is 21.3. The molecule has 0 aliphatic rings. The van der Waals surface area contributed by atoms with Crippen molar-refractivity contribution in [1.82, 2.24) is 9.78 Å². The van der Waals surface area contributed by atoms with Gasteiger partial charge in [-0.2, -0.15) is 5.10 Å². The lowest BCUT2D eigenvalue weighted by Gasteiger charge is -2.30. The molecule has 0 spiro atoms. The van der Waals surface area contributed by atoms with Gasteiger partial charge >= 0.3 is 0 Å². The zero-order valence-electron chi connectivity index (χ0n) is 17.7. The lowest BCUT2D eigenvalue weighted by atomic mass is 10.1. The molecule has 0 unspecified atom stereocenters. The molecule has 1 aromatic carbocycles. The van der Waals surface area contributed by atoms with E-state index in [1.165, 1.54) is 10.9 Å². The molecule has 0 saturated carbocycles. The number of hydrogen-bond donors (Lipinski definition) is 0. The SMILES string of the molecule is CC(C)[Si](F)(c1ccc(COc2cnn(C(C)(C)C)c(=O)c2Cl)cc1)C(C)C. The smallest absolute Gasteiger partial charge is 0.289 e. The Bertz CT molecular complexity index is 865. The van der Waals surface area contributed by atoms with E-state index in [-0.39, 0.29) is 34.0 Å². The first-order chi connectivity index (χ1) is 12.9. The summed E-state index contributed by atoms with van der Waals surface area (Å²) in [5.41, 5.74) is 0.0420. The van der Waals surface area contributed by atoms with Gasteiger partial charge in [0, 0.05) is 0 Å². The van der Waals surface area contributed by atoms with Crippen LogP contribution >= 0.6 is 11.6 Å². The normalized spacial score (nSPS) is 12.7. The monoisotopic (exact) mass is 424 g/mol. The van der Waals surface area contributed by atoms with Gasteiger partial charge in [-0.15, -0.1) is 0 Å². The van der Waals surface area contributed by atoms with Crippen molar-refractivity contribution in [3.8, 4) is 5.75 Å². The largest absolute Gasteiger partial charge is 0.485 e. The maximum Gasteiger partial charge on any atom is 0.289 e. The quantitative estimate of drug-likeness (QED) is 0.474. The fourth-order valence-electron chi connectivity index (χ4n) is 3.35. The maximum absolute atomic E-state index is 15.6. The molecule has 0 radical (unpaired) electrons. The minimum atomic E-state index is -3.05. The second-order valence-corrected chi connectivity index (χ2v) is 13.6. The topological polar surface area (TPSA) is 44.1 Å². The van der Waals surface area contributed by atoms with Crippen LogP contribution in [0.5, 0.6) is 5.75 Å². The number of aromatic nitrogens is 2. The van der Waals surface area contributed by atoms with Crippen molar-refractivity contribution in [2.45, 2.75) is 71.7 Å². The molecule has 0 saturated heterocycles. The molecule has 7 heteroatoms. The third-order valence-electron chi connectivity index (χ3n) is 4.99. The lowest BCUT2D eigenvalue weighted by molar-refractivity contribution is 0.292. The predicted molar refractivity (Wildman–Crippen MR) is 116 cm³/mol. The highest BCUT2D eigenvalue weighted by atomic mass is 35.5. The van der Waals surface area contributed by atoms with E-state index in [4.69, 9.17) is 16.3 Å². The molecule has 1 aromatic heterocycles. The summed E-state index contributed by atoms with van der Waals surface area (Å²) in [7, 11) is -3.05. The number of rotatable bonds is 6. The minimum Gasteiger partial charge on any atom is -0.485 e. The Morgan fingerprint density at radius 1 is 1.14 bits per heavy atom. The molecule has 1 heterocycles. The van der Waals surface area contributed by atoms with Gasteiger partial charge in [0.25, 0.3) is 14.0 Å². The number of ether oxygens (including phenoxy) is 1. The summed E-state index contributed by atoms with van der Waals surface area (Å²) >= 11 is 6.18. The zero-order valence-corrected chi connectivity index (χ0v) is 19.5. The molecule has 0 atom stereocenters. The summed E-state index contributed by atoms with van der Waals surface area (Å²) in [4.78, 5) is 12.4. The average molecular weight is 425 g/mol. The van der Waals surface area contributed by atoms with Gasteiger partial charge in [0.1, 0.15) is 6.61 Å². The van der Waals surface area contributed by atoms with E-state index in [0.29, 0.717) is 0 Å². The van der Waals surface area contributed by atoms with Crippen molar-refractivity contribution in [3.05, 3.63) is 51.4 Å². The van der Waals surface area contributed by atoms with Crippen LogP contribution in [0, 0.1) is 0 Å². The van der Waals surface area contributed by atoms with Crippen LogP contribution in [0.2, 0.25) is 16.1 Å². The van der Waals surface area contributed by atoms with Crippen molar-refractivity contribution >= 4 is 25.2 Å². The van der Waals surface area contributed by atoms with Crippen molar-refractivity contribution in [2.75, 3.05) is 0 Å². The fraction of sp³-hybridized carbons (Fsp3) is 0.524. The number of benzene rings is 1. The Morgan fingerprint density at radius 2 is 1.68 bits per heavy atom. The Hall–Kier alpha value is -1.66. The van der Waals surface area contributed by atoms with E-state index < -0.39 is 13.9 Å². The number of halogens is 2. The summed E-state index contributed by atoms with van der Waals surface area (Å²) in [5.74, 6) is 0.245. The van der Waals surface area contributed by atoms with E-state index in [9.17, 15) is 4.79 Å². The maximum atomic E-state index is 15.6. The van der Waals surface area contributed by atoms with Crippen molar-refractivity contribution in [1.29, 1.82) is 0 Å². The summed E-state index contributed by atoms with van der Waals surface area (Å²) in [6.45, 7) is 13.7. The minimum absolute atomic E-state index is 0.00814. The molecule has 0 aliphatic carbocycles. The fourth-order valence-corrected chi connectivity index (χ4v) is 6.87. The van der Waals surface area contributed by atoms with Gasteiger partial charge in [-0.1, -0.05) is 63.6 Å². The van der Waals surface area contributed by atoms with E-state index in [0.717, 1.165) is 10.8 Å². The van der Waals surface area contributed by atoms with Gasteiger partial charge in [-0.25, -0.2) is 4.68 Å². The third-order valence-corrected chi connectivity index (χ3v) is 9.92. The highest BCUT2D eigenvalue weighted by Gasteiger charge is 2.43. The van der Waals surface area contributed by atoms with Crippen LogP contribution in [-0.4, -0.2) is 18.2 Å². The first-order valence-corrected chi connectivity index (χ1v) is 12.0. The van der Waals surface area contributed by atoms with Crippen molar-refractivity contribution in [2.24, 2.45) is 0 Å². The van der Waals surface area contributed by atoms with Gasteiger partial charge in [-0.05, 0) is 42.6 Å². The van der Waals surface area contributed by atoms with Gasteiger partial charge in [-0.3, -0.25) is 4.79 Å². The number of nitrogens with zero attached hydrogens (tertiary/aromatic N) is 2. The van der Waals surface area contributed by atoms with Gasteiger partial charge in [0.2, 0.25) is 0 Å². The summed E-state index contributed by atoms with van der Waals surface area (Å²) in [5, 5.41) is 4.97. The molecule has 28 heavy (non-hydrogen) atoms. The summed E-state index contributed by atoms with van der Waals surface area (Å²) < 4.78 is 22.7. The van der Waals surface area contributed by atoms with Crippen molar-refractivity contribution < 1.29 is 8.84 Å². The predicted octanol–water partition coefficient (Wildman–Crippen LogP) is 5.17. The van der Waals surface area contributed by atoms with Crippen LogP contribution < -0.4 is 15.5 Å². The Balaban J connectivity index is 2.19. The van der Waals surface area contributed by atoms with E-state index in [1.54, 1.807) is 0 Å². The second-order valence-electron chi connectivity index (χ2n) is 8.77. The molecular formula is C21H30ClFN2O2Si. The Morgan fingerprint density at radius 3 is 2.14 bits per heavy atom. The average Bonchev–Trinajstić information content (AvgIpc) is 2.61. The molecule has 0 aliphatic heterocycles. The molecular weight excluding hydrogens is 395 g/mol. The van der Waals surface area contributed by atoms with E-state index in [2.05, 4.69) is 5.10 Å². The van der Waals surface area contributed by atoms with Crippen LogP contribution in [0.1, 0.15) is 54.0 Å². The van der Waals surface area contributed by atoms with E-state index >= 15 is 4.11 Å². The summed E-state index contributed by atoms with van der Waals surface area (Å²) in [6.07, 6.45) is 1.46. The number of hydrogen-bond acceptors (Lipinski definition) is 3. The van der Waals surface area contributed by atoms with Gasteiger partial charge in [0.15, 0.2) is 10.8 Å². The summed E-state index contributed by atoms with van der Waals surface area (Å²) in [6, 6.07) is 7.48. The van der Waals surface area contributed by atoms with Crippen molar-refractivity contribution in [3.63, 3.8) is 0 Å². The first kappa shape index (κ1) is 22.6. The first-order valence-electron chi connectivity index (χ1n) is 9.58. The van der Waals surface area contributed by atoms with Crippen LogP contribution in [-0.2, 0) is 12.1 Å². The van der Waals surface area contributed by atoms with E-state index in [1.807, 2.05) is 72.7 Å². The molecule has 154 valence electrons. The van der Waals surface area contributed by atoms with Crippen LogP contribution in [0.15, 0.2) is 35.3 Å². The Kier molecular flexibility index (Phi) is 6.76. The molecule has 0 bridgehead atoms. The Labute approximate surface area is 172 Å². The lowest BCUT2D eigenvalue weighted by Crippen LogP contribution is -2.49. The molecule has 0 fully saturated rings. The third kappa shape index (κ3) is 4.49. The molecule has 4 nitrogen and oxygen atoms in total. The standard InChI is InChI=1S/C21H30ClFN2O2Si/c1-14(2)28(23,15(3)4)17-10-8-16(9-11-17)13-27-18-12-24-25(21(5,6)7)20(26)19(18)22/h8-12,14-15H,13H2,1-7H3. The van der Waals surface area contributed by atoms with Crippen LogP contribution in [0.4, 0.5) is 4.11 Å². The molecule has 0 N–H and O–H groups in total. The highest BCUT2D eigenvalue weighted by molar-refractivity contribution is 6.88. The molecule has 0 amide bonds. The van der Waals surface area contributed by atoms with Crippen LogP contribution in [0.3, 0.4) is 0 Å². The van der Waals surface area contributed by atoms with Crippen LogP contribution in [0.25, 0.3) is 0 Å². The second kappa shape index (κ2) is 8.37. The molecule has 2 aromatic rings.